The van der Waals surface area contributed by atoms with Crippen molar-refractivity contribution in [1.29, 1.82) is 0 Å². The van der Waals surface area contributed by atoms with Crippen LogP contribution in [0.5, 0.6) is 5.75 Å². The van der Waals surface area contributed by atoms with E-state index in [-0.39, 0.29) is 23.7 Å². The van der Waals surface area contributed by atoms with Crippen molar-refractivity contribution >= 4 is 80.5 Å². The van der Waals surface area contributed by atoms with Gasteiger partial charge in [-0.3, -0.25) is 19.7 Å². The first-order valence-electron chi connectivity index (χ1n) is 10.9. The van der Waals surface area contributed by atoms with Gasteiger partial charge in [0.1, 0.15) is 30.4 Å². The maximum Gasteiger partial charge on any atom is 0.329 e. The predicted octanol–water partition coefficient (Wildman–Crippen LogP) is 5.05. The second kappa shape index (κ2) is 11.8. The molecule has 3 aromatic carbocycles. The number of rotatable bonds is 8. The fourth-order valence-corrected chi connectivity index (χ4v) is 5.62. The van der Waals surface area contributed by atoms with Crippen LogP contribution in [0, 0.1) is 23.1 Å². The zero-order valence-corrected chi connectivity index (χ0v) is 23.6. The number of hydrogen-bond acceptors (Lipinski definition) is 6. The number of urea groups is 1. The molecule has 4 amide bonds. The summed E-state index contributed by atoms with van der Waals surface area (Å²) in [5.41, 5.74) is 1.13. The Bertz CT molecular complexity index is 1470. The molecule has 0 aromatic heterocycles. The van der Waals surface area contributed by atoms with Gasteiger partial charge in [0.25, 0.3) is 11.6 Å². The average molecular weight is 742 g/mol. The molecule has 13 heteroatoms. The Morgan fingerprint density at radius 3 is 2.50 bits per heavy atom. The Morgan fingerprint density at radius 2 is 1.82 bits per heavy atom. The number of non-ortho nitro benzene ring substituents is 1. The summed E-state index contributed by atoms with van der Waals surface area (Å²) in [5.74, 6) is -1.50. The number of ether oxygens (including phenoxy) is 1. The number of carbonyl (C=O) groups excluding carboxylic acids is 3. The number of anilines is 1. The fourth-order valence-electron chi connectivity index (χ4n) is 3.49. The number of nitrogens with zero attached hydrogens (tertiary/aromatic N) is 2. The minimum absolute atomic E-state index is 0.0226. The molecular weight excluding hydrogens is 725 g/mol. The molecule has 3 aromatic rings. The van der Waals surface area contributed by atoms with E-state index in [2.05, 4.69) is 55.8 Å². The zero-order chi connectivity index (χ0) is 27.4. The Morgan fingerprint density at radius 1 is 1.11 bits per heavy atom. The van der Waals surface area contributed by atoms with Gasteiger partial charge in [0.15, 0.2) is 0 Å². The Labute approximate surface area is 242 Å². The summed E-state index contributed by atoms with van der Waals surface area (Å²) in [6, 6.07) is 14.4. The Kier molecular flexibility index (Phi) is 8.55. The van der Waals surface area contributed by atoms with Crippen LogP contribution in [0.15, 0.2) is 66.4 Å². The fraction of sp³-hybridized carbons (Fsp3) is 0.0800. The minimum Gasteiger partial charge on any atom is -0.487 e. The van der Waals surface area contributed by atoms with Crippen molar-refractivity contribution in [2.45, 2.75) is 6.61 Å². The number of benzene rings is 3. The number of hydrogen-bond donors (Lipinski definition) is 2. The first-order chi connectivity index (χ1) is 18.1. The van der Waals surface area contributed by atoms with Crippen molar-refractivity contribution in [3.63, 3.8) is 0 Å². The molecule has 1 aliphatic rings. The minimum atomic E-state index is -0.772. The molecule has 0 radical (unpaired) electrons. The molecule has 0 unspecified atom stereocenters. The van der Waals surface area contributed by atoms with E-state index >= 15 is 0 Å². The van der Waals surface area contributed by atoms with Crippen LogP contribution >= 0.6 is 45.2 Å². The molecular formula is C25H17FI2N4O6. The molecule has 0 aliphatic carbocycles. The van der Waals surface area contributed by atoms with Gasteiger partial charge in [-0.05, 0) is 86.7 Å². The summed E-state index contributed by atoms with van der Waals surface area (Å²) >= 11 is 4.13. The predicted molar refractivity (Wildman–Crippen MR) is 153 cm³/mol. The standard InChI is InChI=1S/C25H17FI2N4O6/c26-17-6-1-2-7-20(17)29-22(33)12-31-24(34)21(30-25(31)35)11-15-9-18(27)23(19(28)10-15)38-13-14-4-3-5-16(8-14)32(36)37/h1-11H,12-13H2,(H,29,33)(H,30,35)/b21-11+. The number of imide groups is 1. The molecule has 10 nitrogen and oxygen atoms in total. The highest BCUT2D eigenvalue weighted by molar-refractivity contribution is 14.1. The van der Waals surface area contributed by atoms with E-state index in [9.17, 15) is 28.9 Å². The van der Waals surface area contributed by atoms with Crippen molar-refractivity contribution in [2.75, 3.05) is 11.9 Å². The van der Waals surface area contributed by atoms with Gasteiger partial charge in [-0.15, -0.1) is 0 Å². The van der Waals surface area contributed by atoms with Crippen LogP contribution < -0.4 is 15.4 Å². The second-order valence-corrected chi connectivity index (χ2v) is 10.3. The van der Waals surface area contributed by atoms with Crippen LogP contribution in [-0.4, -0.2) is 34.2 Å². The van der Waals surface area contributed by atoms with Gasteiger partial charge >= 0.3 is 6.03 Å². The SMILES string of the molecule is O=C(CN1C(=O)N/C(=C/c2cc(I)c(OCc3cccc([N+](=O)[O-])c3)c(I)c2)C1=O)Nc1ccccc1F. The van der Waals surface area contributed by atoms with E-state index in [0.29, 0.717) is 24.0 Å². The molecule has 194 valence electrons. The van der Waals surface area contributed by atoms with Gasteiger partial charge in [0.05, 0.1) is 17.8 Å². The normalized spacial score (nSPS) is 14.0. The smallest absolute Gasteiger partial charge is 0.329 e. The third-order valence-corrected chi connectivity index (χ3v) is 6.85. The highest BCUT2D eigenvalue weighted by atomic mass is 127. The van der Waals surface area contributed by atoms with Gasteiger partial charge < -0.3 is 15.4 Å². The molecule has 2 N–H and O–H groups in total. The van der Waals surface area contributed by atoms with Crippen LogP contribution in [0.1, 0.15) is 11.1 Å². The van der Waals surface area contributed by atoms with Crippen LogP contribution in [0.4, 0.5) is 20.6 Å². The molecule has 1 saturated heterocycles. The third-order valence-electron chi connectivity index (χ3n) is 5.25. The maximum atomic E-state index is 13.8. The number of para-hydroxylation sites is 1. The molecule has 1 fully saturated rings. The maximum absolute atomic E-state index is 13.8. The number of nitro groups is 1. The molecule has 1 aliphatic heterocycles. The summed E-state index contributed by atoms with van der Waals surface area (Å²) in [7, 11) is 0. The molecule has 0 spiro atoms. The van der Waals surface area contributed by atoms with Crippen molar-refractivity contribution in [3.05, 3.63) is 101 Å². The zero-order valence-electron chi connectivity index (χ0n) is 19.2. The van der Waals surface area contributed by atoms with Crippen LogP contribution in [0.2, 0.25) is 0 Å². The molecule has 0 bridgehead atoms. The summed E-state index contributed by atoms with van der Waals surface area (Å²) in [6.07, 6.45) is 1.48. The lowest BCUT2D eigenvalue weighted by Gasteiger charge is -2.12. The van der Waals surface area contributed by atoms with Crippen molar-refractivity contribution in [1.82, 2.24) is 10.2 Å². The molecule has 38 heavy (non-hydrogen) atoms. The molecule has 0 atom stereocenters. The van der Waals surface area contributed by atoms with Crippen LogP contribution in [0.25, 0.3) is 6.08 Å². The van der Waals surface area contributed by atoms with Crippen molar-refractivity contribution < 1.29 is 28.4 Å². The largest absolute Gasteiger partial charge is 0.487 e. The van der Waals surface area contributed by atoms with Gasteiger partial charge in [0.2, 0.25) is 5.91 Å². The summed E-state index contributed by atoms with van der Waals surface area (Å²) in [6.45, 7) is -0.470. The quantitative estimate of drug-likeness (QED) is 0.109. The summed E-state index contributed by atoms with van der Waals surface area (Å²) in [5, 5.41) is 15.8. The number of halogens is 3. The van der Waals surface area contributed by atoms with E-state index in [1.54, 1.807) is 30.3 Å². The summed E-state index contributed by atoms with van der Waals surface area (Å²) in [4.78, 5) is 48.7. The molecule has 4 rings (SSSR count). The van der Waals surface area contributed by atoms with Crippen LogP contribution in [0.3, 0.4) is 0 Å². The highest BCUT2D eigenvalue weighted by Gasteiger charge is 2.35. The van der Waals surface area contributed by atoms with Gasteiger partial charge in [-0.1, -0.05) is 24.3 Å². The van der Waals surface area contributed by atoms with Crippen molar-refractivity contribution in [3.8, 4) is 5.75 Å². The Hall–Kier alpha value is -3.60. The highest BCUT2D eigenvalue weighted by Crippen LogP contribution is 2.31. The molecule has 0 saturated carbocycles. The van der Waals surface area contributed by atoms with Gasteiger partial charge in [-0.25, -0.2) is 14.1 Å². The first-order valence-corrected chi connectivity index (χ1v) is 13.0. The topological polar surface area (TPSA) is 131 Å². The second-order valence-electron chi connectivity index (χ2n) is 7.94. The van der Waals surface area contributed by atoms with Crippen LogP contribution in [-0.2, 0) is 16.2 Å². The lowest BCUT2D eigenvalue weighted by Crippen LogP contribution is -2.38. The van der Waals surface area contributed by atoms with E-state index in [4.69, 9.17) is 4.74 Å². The number of amides is 4. The number of nitro benzene ring substituents is 1. The van der Waals surface area contributed by atoms with E-state index in [1.165, 1.54) is 36.4 Å². The first kappa shape index (κ1) is 27.4. The Balaban J connectivity index is 1.44. The molecule has 1 heterocycles. The monoisotopic (exact) mass is 742 g/mol. The van der Waals surface area contributed by atoms with Gasteiger partial charge in [0, 0.05) is 12.1 Å². The number of carbonyl (C=O) groups is 3. The lowest BCUT2D eigenvalue weighted by molar-refractivity contribution is -0.384. The van der Waals surface area contributed by atoms with E-state index in [1.807, 2.05) is 0 Å². The lowest BCUT2D eigenvalue weighted by atomic mass is 10.1. The average Bonchev–Trinajstić information content (AvgIpc) is 3.12. The van der Waals surface area contributed by atoms with E-state index in [0.717, 1.165) is 4.90 Å². The summed E-state index contributed by atoms with van der Waals surface area (Å²) < 4.78 is 21.1. The number of nitrogens with one attached hydrogen (secondary N) is 2. The van der Waals surface area contributed by atoms with Gasteiger partial charge in [-0.2, -0.15) is 0 Å². The van der Waals surface area contributed by atoms with E-state index < -0.39 is 35.1 Å². The third kappa shape index (κ3) is 6.45. The van der Waals surface area contributed by atoms with Crippen molar-refractivity contribution in [2.24, 2.45) is 0 Å².